The van der Waals surface area contributed by atoms with Gasteiger partial charge in [-0.3, -0.25) is 0 Å². The van der Waals surface area contributed by atoms with E-state index >= 15 is 0 Å². The van der Waals surface area contributed by atoms with Crippen LogP contribution in [-0.4, -0.2) is 28.0 Å². The Labute approximate surface area is 128 Å². The van der Waals surface area contributed by atoms with Crippen molar-refractivity contribution in [2.45, 2.75) is 6.92 Å². The summed E-state index contributed by atoms with van der Waals surface area (Å²) in [5.41, 5.74) is 2.38. The Hall–Kier alpha value is -1.57. The number of ether oxygens (including phenoxy) is 2. The van der Waals surface area contributed by atoms with Crippen LogP contribution in [0.25, 0.3) is 0 Å². The van der Waals surface area contributed by atoms with Crippen molar-refractivity contribution in [1.82, 2.24) is 0 Å². The summed E-state index contributed by atoms with van der Waals surface area (Å²) in [7, 11) is 6.34. The Morgan fingerprint density at radius 2 is 1.71 bits per heavy atom. The third-order valence-corrected chi connectivity index (χ3v) is 4.54. The molecule has 0 aromatic heterocycles. The number of benzene rings is 2. The predicted molar refractivity (Wildman–Crippen MR) is 92.0 cm³/mol. The minimum absolute atomic E-state index is 0.275. The molecule has 1 atom stereocenters. The van der Waals surface area contributed by atoms with Crippen LogP contribution in [0.5, 0.6) is 5.75 Å². The van der Waals surface area contributed by atoms with Crippen molar-refractivity contribution in [2.24, 2.45) is 0 Å². The summed E-state index contributed by atoms with van der Waals surface area (Å²) in [6.45, 7) is 2.34. The molecule has 0 saturated carbocycles. The van der Waals surface area contributed by atoms with Gasteiger partial charge < -0.3 is 14.4 Å². The van der Waals surface area contributed by atoms with Crippen molar-refractivity contribution in [3.8, 4) is 5.75 Å². The lowest BCUT2D eigenvalue weighted by Crippen LogP contribution is -2.18. The van der Waals surface area contributed by atoms with Crippen molar-refractivity contribution >= 4 is 24.9 Å². The third kappa shape index (κ3) is 3.96. The third-order valence-electron chi connectivity index (χ3n) is 3.19. The smallest absolute Gasteiger partial charge is 0.188 e. The molecule has 2 rings (SSSR count). The molecule has 1 unspecified atom stereocenters. The van der Waals surface area contributed by atoms with E-state index in [-0.39, 0.29) is 6.79 Å². The van der Waals surface area contributed by atoms with Gasteiger partial charge in [0.25, 0.3) is 0 Å². The molecule has 0 fully saturated rings. The maximum absolute atomic E-state index is 5.76. The van der Waals surface area contributed by atoms with Gasteiger partial charge in [-0.1, -0.05) is 45.0 Å². The summed E-state index contributed by atoms with van der Waals surface area (Å²) in [5, 5.41) is 2.52. The highest BCUT2D eigenvalue weighted by Crippen LogP contribution is 2.26. The average molecular weight is 303 g/mol. The number of rotatable bonds is 6. The van der Waals surface area contributed by atoms with Gasteiger partial charge in [-0.25, -0.2) is 0 Å². The van der Waals surface area contributed by atoms with Crippen LogP contribution in [0.2, 0.25) is 0 Å². The molecular formula is C17H22NO2P. The van der Waals surface area contributed by atoms with Crippen molar-refractivity contribution in [1.29, 1.82) is 0 Å². The molecule has 0 aliphatic heterocycles. The highest BCUT2D eigenvalue weighted by atomic mass is 31.1. The fraction of sp³-hybridized carbons (Fsp3) is 0.294. The molecule has 0 spiro atoms. The van der Waals surface area contributed by atoms with Crippen LogP contribution in [-0.2, 0) is 4.74 Å². The Balaban J connectivity index is 2.33. The molecule has 2 aromatic rings. The lowest BCUT2D eigenvalue weighted by molar-refractivity contribution is 0.0514. The zero-order chi connectivity index (χ0) is 15.2. The van der Waals surface area contributed by atoms with Gasteiger partial charge in [0.05, 0.1) is 0 Å². The van der Waals surface area contributed by atoms with Gasteiger partial charge in [-0.2, -0.15) is 0 Å². The molecule has 0 bridgehead atoms. The number of hydrogen-bond donors (Lipinski definition) is 0. The second-order valence-electron chi connectivity index (χ2n) is 5.04. The van der Waals surface area contributed by atoms with Crippen molar-refractivity contribution < 1.29 is 9.47 Å². The maximum Gasteiger partial charge on any atom is 0.188 e. The van der Waals surface area contributed by atoms with Gasteiger partial charge in [-0.15, -0.1) is 0 Å². The number of nitrogens with zero attached hydrogens (tertiary/aromatic N) is 1. The first-order valence-corrected chi connectivity index (χ1v) is 7.88. The lowest BCUT2D eigenvalue weighted by atomic mass is 10.2. The fourth-order valence-corrected chi connectivity index (χ4v) is 3.64. The first-order valence-electron chi connectivity index (χ1n) is 6.88. The Morgan fingerprint density at radius 1 is 1.00 bits per heavy atom. The summed E-state index contributed by atoms with van der Waals surface area (Å²) in [5.74, 6) is 0.936. The fourth-order valence-electron chi connectivity index (χ4n) is 2.17. The molecule has 21 heavy (non-hydrogen) atoms. The highest BCUT2D eigenvalue weighted by Gasteiger charge is 2.11. The SMILES string of the molecule is COCOc1c(C)cccc1Pc1ccccc1N(C)C. The number of anilines is 1. The summed E-state index contributed by atoms with van der Waals surface area (Å²) >= 11 is 0. The molecule has 0 aliphatic rings. The van der Waals surface area contributed by atoms with E-state index in [0.29, 0.717) is 8.58 Å². The van der Waals surface area contributed by atoms with Gasteiger partial charge in [0, 0.05) is 37.5 Å². The molecule has 0 amide bonds. The molecule has 4 heteroatoms. The van der Waals surface area contributed by atoms with E-state index in [9.17, 15) is 0 Å². The number of methoxy groups -OCH3 is 1. The van der Waals surface area contributed by atoms with Crippen LogP contribution in [0.15, 0.2) is 42.5 Å². The van der Waals surface area contributed by atoms with Gasteiger partial charge in [0.15, 0.2) is 6.79 Å². The average Bonchev–Trinajstić information content (AvgIpc) is 2.47. The van der Waals surface area contributed by atoms with Crippen molar-refractivity contribution in [3.05, 3.63) is 48.0 Å². The summed E-state index contributed by atoms with van der Waals surface area (Å²) in [4.78, 5) is 2.15. The van der Waals surface area contributed by atoms with E-state index < -0.39 is 0 Å². The molecule has 112 valence electrons. The minimum atomic E-state index is 0.275. The van der Waals surface area contributed by atoms with Gasteiger partial charge >= 0.3 is 0 Å². The number of hydrogen-bond acceptors (Lipinski definition) is 3. The Morgan fingerprint density at radius 3 is 2.43 bits per heavy atom. The largest absolute Gasteiger partial charge is 0.467 e. The lowest BCUT2D eigenvalue weighted by Gasteiger charge is -2.19. The van der Waals surface area contributed by atoms with E-state index in [4.69, 9.17) is 9.47 Å². The molecule has 0 N–H and O–H groups in total. The predicted octanol–water partition coefficient (Wildman–Crippen LogP) is 2.67. The van der Waals surface area contributed by atoms with Crippen LogP contribution in [0.1, 0.15) is 5.56 Å². The van der Waals surface area contributed by atoms with Crippen LogP contribution in [0, 0.1) is 6.92 Å². The number of para-hydroxylation sites is 2. The zero-order valence-electron chi connectivity index (χ0n) is 13.0. The Bertz CT molecular complexity index is 599. The van der Waals surface area contributed by atoms with Crippen LogP contribution in [0.4, 0.5) is 5.69 Å². The van der Waals surface area contributed by atoms with Crippen LogP contribution < -0.4 is 20.2 Å². The first-order chi connectivity index (χ1) is 10.1. The van der Waals surface area contributed by atoms with E-state index in [1.165, 1.54) is 16.3 Å². The molecule has 0 aliphatic carbocycles. The molecule has 0 saturated heterocycles. The quantitative estimate of drug-likeness (QED) is 0.605. The van der Waals surface area contributed by atoms with Gasteiger partial charge in [0.2, 0.25) is 0 Å². The summed E-state index contributed by atoms with van der Waals surface area (Å²) < 4.78 is 10.8. The van der Waals surface area contributed by atoms with E-state index in [2.05, 4.69) is 68.4 Å². The second kappa shape index (κ2) is 7.44. The molecular weight excluding hydrogens is 281 g/mol. The van der Waals surface area contributed by atoms with Crippen molar-refractivity contribution in [3.63, 3.8) is 0 Å². The molecule has 2 aromatic carbocycles. The minimum Gasteiger partial charge on any atom is -0.467 e. The van der Waals surface area contributed by atoms with E-state index in [1.54, 1.807) is 7.11 Å². The van der Waals surface area contributed by atoms with Gasteiger partial charge in [0.1, 0.15) is 5.75 Å². The standard InChI is InChI=1S/C17H22NO2P/c1-13-8-7-11-16(17(13)20-12-19-4)21-15-10-6-5-9-14(15)18(2)3/h5-11,21H,12H2,1-4H3. The summed E-state index contributed by atoms with van der Waals surface area (Å²) in [6.07, 6.45) is 0. The van der Waals surface area contributed by atoms with Gasteiger partial charge in [-0.05, 0) is 18.6 Å². The van der Waals surface area contributed by atoms with E-state index in [1.807, 2.05) is 0 Å². The number of aryl methyl sites for hydroxylation is 1. The highest BCUT2D eigenvalue weighted by molar-refractivity contribution is 7.56. The topological polar surface area (TPSA) is 21.7 Å². The molecule has 3 nitrogen and oxygen atoms in total. The first kappa shape index (κ1) is 15.8. The monoisotopic (exact) mass is 303 g/mol. The van der Waals surface area contributed by atoms with Crippen molar-refractivity contribution in [2.75, 3.05) is 32.9 Å². The normalized spacial score (nSPS) is 11.0. The maximum atomic E-state index is 5.76. The zero-order valence-corrected chi connectivity index (χ0v) is 14.0. The molecule has 0 radical (unpaired) electrons. The Kier molecular flexibility index (Phi) is 5.60. The van der Waals surface area contributed by atoms with Crippen LogP contribution in [0.3, 0.4) is 0 Å². The van der Waals surface area contributed by atoms with Crippen LogP contribution >= 0.6 is 8.58 Å². The van der Waals surface area contributed by atoms with E-state index in [0.717, 1.165) is 11.3 Å². The summed E-state index contributed by atoms with van der Waals surface area (Å²) in [6, 6.07) is 14.8. The molecule has 0 heterocycles. The second-order valence-corrected chi connectivity index (χ2v) is 6.37.